The smallest absolute Gasteiger partial charge is 0.417 e. The molecule has 0 radical (unpaired) electrons. The minimum Gasteiger partial charge on any atom is -0.481 e. The number of aliphatic carboxylic acids is 1. The van der Waals surface area contributed by atoms with Crippen molar-refractivity contribution in [3.8, 4) is 0 Å². The van der Waals surface area contributed by atoms with Crippen LogP contribution in [0.1, 0.15) is 19.3 Å². The lowest BCUT2D eigenvalue weighted by atomic mass is 9.90. The number of piperidine rings is 1. The van der Waals surface area contributed by atoms with Gasteiger partial charge in [-0.15, -0.1) is 0 Å². The Balaban J connectivity index is 1.91. The van der Waals surface area contributed by atoms with Crippen LogP contribution >= 0.6 is 0 Å². The van der Waals surface area contributed by atoms with Crippen LogP contribution in [-0.4, -0.2) is 51.9 Å². The summed E-state index contributed by atoms with van der Waals surface area (Å²) >= 11 is 0. The molecule has 0 aromatic carbocycles. The Morgan fingerprint density at radius 2 is 1.68 bits per heavy atom. The molecule has 19 heavy (non-hydrogen) atoms. The highest BCUT2D eigenvalue weighted by atomic mass is 19.4. The normalized spacial score (nSPS) is 30.0. The minimum atomic E-state index is -4.70. The molecule has 1 saturated heterocycles. The Hall–Kier alpha value is -1.31. The van der Waals surface area contributed by atoms with E-state index in [2.05, 4.69) is 0 Å². The number of hydrogen-bond donors (Lipinski definition) is 2. The van der Waals surface area contributed by atoms with Crippen LogP contribution in [0.2, 0.25) is 0 Å². The van der Waals surface area contributed by atoms with E-state index in [0.717, 1.165) is 0 Å². The molecule has 0 bridgehead atoms. The fraction of sp³-hybridized carbons (Fsp3) is 0.818. The summed E-state index contributed by atoms with van der Waals surface area (Å²) in [4.78, 5) is 23.7. The van der Waals surface area contributed by atoms with Crippen molar-refractivity contribution in [3.05, 3.63) is 0 Å². The standard InChI is InChI=1S/C11H14F3NO4/c12-11(13,14)10(19)1-3-15(4-2-10)8(16)6-5-7(6)9(17)18/h6-7,19H,1-5H2,(H,17,18)/t6-,7+/m1/s1. The van der Waals surface area contributed by atoms with Crippen LogP contribution in [0.25, 0.3) is 0 Å². The highest BCUT2D eigenvalue weighted by Crippen LogP contribution is 2.42. The Morgan fingerprint density at radius 1 is 1.16 bits per heavy atom. The monoisotopic (exact) mass is 281 g/mol. The molecule has 0 spiro atoms. The largest absolute Gasteiger partial charge is 0.481 e. The number of rotatable bonds is 2. The Morgan fingerprint density at radius 3 is 2.05 bits per heavy atom. The maximum atomic E-state index is 12.6. The van der Waals surface area contributed by atoms with Crippen LogP contribution in [0, 0.1) is 11.8 Å². The summed E-state index contributed by atoms with van der Waals surface area (Å²) in [5.41, 5.74) is -2.74. The molecule has 1 heterocycles. The number of nitrogens with zero attached hydrogens (tertiary/aromatic N) is 1. The lowest BCUT2D eigenvalue weighted by molar-refractivity contribution is -0.272. The average Bonchev–Trinajstić information content (AvgIpc) is 3.07. The molecule has 1 saturated carbocycles. The summed E-state index contributed by atoms with van der Waals surface area (Å²) in [7, 11) is 0. The van der Waals surface area contributed by atoms with E-state index in [9.17, 15) is 27.9 Å². The number of carboxylic acid groups (broad SMARTS) is 1. The molecule has 2 rings (SSSR count). The predicted molar refractivity (Wildman–Crippen MR) is 56.1 cm³/mol. The van der Waals surface area contributed by atoms with E-state index in [4.69, 9.17) is 5.11 Å². The second kappa shape index (κ2) is 4.36. The second-order valence-electron chi connectivity index (χ2n) is 5.14. The zero-order valence-corrected chi connectivity index (χ0v) is 9.98. The van der Waals surface area contributed by atoms with Gasteiger partial charge in [-0.3, -0.25) is 9.59 Å². The van der Waals surface area contributed by atoms with Crippen LogP contribution in [0.5, 0.6) is 0 Å². The third-order valence-electron chi connectivity index (χ3n) is 3.85. The fourth-order valence-corrected chi connectivity index (χ4v) is 2.36. The number of carbonyl (C=O) groups is 2. The van der Waals surface area contributed by atoms with E-state index in [1.54, 1.807) is 0 Å². The molecular formula is C11H14F3NO4. The first-order valence-corrected chi connectivity index (χ1v) is 5.96. The number of halogens is 3. The third kappa shape index (κ3) is 2.54. The maximum absolute atomic E-state index is 12.6. The van der Waals surface area contributed by atoms with Crippen molar-refractivity contribution < 1.29 is 33.0 Å². The zero-order valence-electron chi connectivity index (χ0n) is 9.98. The predicted octanol–water partition coefficient (Wildman–Crippen LogP) is 0.623. The summed E-state index contributed by atoms with van der Waals surface area (Å²) < 4.78 is 37.7. The summed E-state index contributed by atoms with van der Waals surface area (Å²) in [5.74, 6) is -2.80. The van der Waals surface area contributed by atoms with Gasteiger partial charge in [0.25, 0.3) is 0 Å². The van der Waals surface area contributed by atoms with E-state index in [-0.39, 0.29) is 19.5 Å². The molecule has 0 aromatic heterocycles. The molecule has 2 fully saturated rings. The first-order valence-electron chi connectivity index (χ1n) is 5.96. The Bertz CT molecular complexity index is 401. The molecule has 0 unspecified atom stereocenters. The minimum absolute atomic E-state index is 0.197. The number of alkyl halides is 3. The number of aliphatic hydroxyl groups is 1. The second-order valence-corrected chi connectivity index (χ2v) is 5.14. The molecule has 0 aromatic rings. The summed E-state index contributed by atoms with van der Waals surface area (Å²) in [6.07, 6.45) is -5.58. The molecule has 1 aliphatic carbocycles. The van der Waals surface area contributed by atoms with Gasteiger partial charge in [-0.2, -0.15) is 13.2 Å². The molecule has 2 aliphatic rings. The van der Waals surface area contributed by atoms with Crippen molar-refractivity contribution in [2.24, 2.45) is 11.8 Å². The van der Waals surface area contributed by atoms with E-state index >= 15 is 0 Å². The van der Waals surface area contributed by atoms with Gasteiger partial charge in [-0.05, 0) is 6.42 Å². The summed E-state index contributed by atoms with van der Waals surface area (Å²) in [6.45, 7) is -0.393. The van der Waals surface area contributed by atoms with Crippen molar-refractivity contribution in [1.29, 1.82) is 0 Å². The van der Waals surface area contributed by atoms with Crippen LogP contribution < -0.4 is 0 Å². The Labute approximate surface area is 107 Å². The zero-order chi connectivity index (χ0) is 14.4. The molecular weight excluding hydrogens is 267 g/mol. The van der Waals surface area contributed by atoms with Crippen molar-refractivity contribution in [2.45, 2.75) is 31.0 Å². The fourth-order valence-electron chi connectivity index (χ4n) is 2.36. The Kier molecular flexibility index (Phi) is 3.24. The van der Waals surface area contributed by atoms with E-state index < -0.39 is 48.3 Å². The topological polar surface area (TPSA) is 77.8 Å². The van der Waals surface area contributed by atoms with Crippen molar-refractivity contribution >= 4 is 11.9 Å². The van der Waals surface area contributed by atoms with Gasteiger partial charge in [-0.1, -0.05) is 0 Å². The molecule has 2 atom stereocenters. The van der Waals surface area contributed by atoms with Gasteiger partial charge >= 0.3 is 12.1 Å². The van der Waals surface area contributed by atoms with Gasteiger partial charge < -0.3 is 15.1 Å². The number of carbonyl (C=O) groups excluding carboxylic acids is 1. The number of hydrogen-bond acceptors (Lipinski definition) is 3. The van der Waals surface area contributed by atoms with Crippen LogP contribution in [0.3, 0.4) is 0 Å². The highest BCUT2D eigenvalue weighted by Gasteiger charge is 2.56. The third-order valence-corrected chi connectivity index (χ3v) is 3.85. The van der Waals surface area contributed by atoms with E-state index in [1.165, 1.54) is 4.90 Å². The van der Waals surface area contributed by atoms with Crippen LogP contribution in [0.15, 0.2) is 0 Å². The highest BCUT2D eigenvalue weighted by molar-refractivity contribution is 5.89. The van der Waals surface area contributed by atoms with Crippen LogP contribution in [0.4, 0.5) is 13.2 Å². The lowest BCUT2D eigenvalue weighted by Gasteiger charge is -2.39. The van der Waals surface area contributed by atoms with Gasteiger partial charge in [0.2, 0.25) is 5.91 Å². The first-order chi connectivity index (χ1) is 8.66. The van der Waals surface area contributed by atoms with Crippen molar-refractivity contribution in [3.63, 3.8) is 0 Å². The first kappa shape index (κ1) is 14.1. The molecule has 8 heteroatoms. The number of carboxylic acids is 1. The molecule has 5 nitrogen and oxygen atoms in total. The summed E-state index contributed by atoms with van der Waals surface area (Å²) in [6, 6.07) is 0. The molecule has 108 valence electrons. The number of amides is 1. The van der Waals surface area contributed by atoms with Gasteiger partial charge in [0.15, 0.2) is 5.60 Å². The quantitative estimate of drug-likeness (QED) is 0.778. The van der Waals surface area contributed by atoms with E-state index in [1.807, 2.05) is 0 Å². The van der Waals surface area contributed by atoms with Crippen LogP contribution in [-0.2, 0) is 9.59 Å². The van der Waals surface area contributed by atoms with Gasteiger partial charge in [0.1, 0.15) is 0 Å². The van der Waals surface area contributed by atoms with Gasteiger partial charge in [0, 0.05) is 25.9 Å². The van der Waals surface area contributed by atoms with Crippen molar-refractivity contribution in [2.75, 3.05) is 13.1 Å². The van der Waals surface area contributed by atoms with E-state index in [0.29, 0.717) is 0 Å². The number of likely N-dealkylation sites (tertiary alicyclic amines) is 1. The van der Waals surface area contributed by atoms with Gasteiger partial charge in [0.05, 0.1) is 11.8 Å². The van der Waals surface area contributed by atoms with Crippen molar-refractivity contribution in [1.82, 2.24) is 4.90 Å². The summed E-state index contributed by atoms with van der Waals surface area (Å²) in [5, 5.41) is 18.1. The lowest BCUT2D eigenvalue weighted by Crippen LogP contribution is -2.54. The molecule has 1 aliphatic heterocycles. The SMILES string of the molecule is O=C(O)[C@H]1C[C@H]1C(=O)N1CCC(O)(C(F)(F)F)CC1. The average molecular weight is 281 g/mol. The molecule has 1 amide bonds. The maximum Gasteiger partial charge on any atom is 0.417 e. The van der Waals surface area contributed by atoms with Gasteiger partial charge in [-0.25, -0.2) is 0 Å². The molecule has 2 N–H and O–H groups in total.